The van der Waals surface area contributed by atoms with Crippen LogP contribution in [0, 0.1) is 0 Å². The van der Waals surface area contributed by atoms with Crippen LogP contribution in [0.4, 0.5) is 18.9 Å². The average molecular weight is 350 g/mol. The Hall–Kier alpha value is -2.21. The second kappa shape index (κ2) is 7.78. The van der Waals surface area contributed by atoms with E-state index in [4.69, 9.17) is 0 Å². The molecule has 1 aliphatic rings. The van der Waals surface area contributed by atoms with Gasteiger partial charge in [-0.15, -0.1) is 13.2 Å². The Labute approximate surface area is 145 Å². The maximum atomic E-state index is 12.1. The molecular formula is C19H21F3N2O. The molecule has 1 heterocycles. The molecule has 1 aliphatic heterocycles. The van der Waals surface area contributed by atoms with Crippen LogP contribution in [-0.2, 0) is 6.54 Å². The first-order chi connectivity index (χ1) is 12.0. The zero-order valence-electron chi connectivity index (χ0n) is 13.8. The van der Waals surface area contributed by atoms with E-state index in [9.17, 15) is 13.2 Å². The molecule has 2 aromatic carbocycles. The first-order valence-corrected chi connectivity index (χ1v) is 8.38. The fourth-order valence-electron chi connectivity index (χ4n) is 3.05. The highest BCUT2D eigenvalue weighted by Crippen LogP contribution is 2.23. The van der Waals surface area contributed by atoms with Crippen molar-refractivity contribution in [3.63, 3.8) is 0 Å². The number of para-hydroxylation sites is 1. The van der Waals surface area contributed by atoms with Crippen LogP contribution in [0.3, 0.4) is 0 Å². The Morgan fingerprint density at radius 1 is 0.960 bits per heavy atom. The Morgan fingerprint density at radius 2 is 1.60 bits per heavy atom. The minimum atomic E-state index is -4.65. The third kappa shape index (κ3) is 5.39. The Kier molecular flexibility index (Phi) is 5.48. The van der Waals surface area contributed by atoms with Gasteiger partial charge in [0.05, 0.1) is 0 Å². The van der Waals surface area contributed by atoms with E-state index in [0.717, 1.165) is 31.5 Å². The lowest BCUT2D eigenvalue weighted by molar-refractivity contribution is -0.274. The first kappa shape index (κ1) is 17.6. The largest absolute Gasteiger partial charge is 0.573 e. The molecule has 1 fully saturated rings. The van der Waals surface area contributed by atoms with Gasteiger partial charge in [-0.2, -0.15) is 0 Å². The number of hydrogen-bond donors (Lipinski definition) is 1. The number of alkyl halides is 3. The molecule has 6 heteroatoms. The van der Waals surface area contributed by atoms with Crippen LogP contribution in [0.2, 0.25) is 0 Å². The lowest BCUT2D eigenvalue weighted by Crippen LogP contribution is -2.42. The summed E-state index contributed by atoms with van der Waals surface area (Å²) in [4.78, 5) is 2.38. The summed E-state index contributed by atoms with van der Waals surface area (Å²) in [6.07, 6.45) is -2.55. The van der Waals surface area contributed by atoms with Crippen LogP contribution in [-0.4, -0.2) is 25.5 Å². The Morgan fingerprint density at radius 3 is 2.20 bits per heavy atom. The van der Waals surface area contributed by atoms with Crippen LogP contribution in [0.1, 0.15) is 18.4 Å². The molecule has 0 bridgehead atoms. The van der Waals surface area contributed by atoms with Crippen LogP contribution in [0.5, 0.6) is 5.75 Å². The zero-order valence-corrected chi connectivity index (χ0v) is 13.8. The number of hydrogen-bond acceptors (Lipinski definition) is 3. The number of anilines is 1. The number of rotatable bonds is 5. The second-order valence-electron chi connectivity index (χ2n) is 6.17. The van der Waals surface area contributed by atoms with Gasteiger partial charge < -0.3 is 15.0 Å². The van der Waals surface area contributed by atoms with Crippen molar-refractivity contribution in [2.45, 2.75) is 31.8 Å². The van der Waals surface area contributed by atoms with E-state index in [2.05, 4.69) is 27.1 Å². The molecule has 3 rings (SSSR count). The maximum absolute atomic E-state index is 12.1. The molecule has 2 aromatic rings. The zero-order chi connectivity index (χ0) is 17.7. The molecule has 25 heavy (non-hydrogen) atoms. The van der Waals surface area contributed by atoms with Crippen molar-refractivity contribution >= 4 is 5.69 Å². The molecule has 0 amide bonds. The minimum absolute atomic E-state index is 0.188. The number of piperidine rings is 1. The minimum Gasteiger partial charge on any atom is -0.406 e. The highest BCUT2D eigenvalue weighted by Gasteiger charge is 2.30. The topological polar surface area (TPSA) is 24.5 Å². The van der Waals surface area contributed by atoms with Gasteiger partial charge in [0.2, 0.25) is 0 Å². The van der Waals surface area contributed by atoms with Crippen LogP contribution in [0.25, 0.3) is 0 Å². The molecule has 0 unspecified atom stereocenters. The number of ether oxygens (including phenoxy) is 1. The number of nitrogens with one attached hydrogen (secondary N) is 1. The van der Waals surface area contributed by atoms with E-state index >= 15 is 0 Å². The smallest absolute Gasteiger partial charge is 0.406 e. The van der Waals surface area contributed by atoms with Gasteiger partial charge in [0.15, 0.2) is 0 Å². The van der Waals surface area contributed by atoms with Crippen molar-refractivity contribution in [2.24, 2.45) is 0 Å². The molecule has 0 atom stereocenters. The summed E-state index contributed by atoms with van der Waals surface area (Å²) in [6.45, 7) is 2.64. The van der Waals surface area contributed by atoms with Crippen molar-refractivity contribution in [3.8, 4) is 5.75 Å². The highest BCUT2D eigenvalue weighted by atomic mass is 19.4. The average Bonchev–Trinajstić information content (AvgIpc) is 2.61. The normalized spacial score (nSPS) is 16.0. The third-order valence-corrected chi connectivity index (χ3v) is 4.37. The molecule has 1 N–H and O–H groups in total. The SMILES string of the molecule is FC(F)(F)Oc1ccc(CNC2CCN(c3ccccc3)CC2)cc1. The lowest BCUT2D eigenvalue weighted by Gasteiger charge is -2.34. The molecule has 0 spiro atoms. The molecule has 0 saturated carbocycles. The number of nitrogens with zero attached hydrogens (tertiary/aromatic N) is 1. The van der Waals surface area contributed by atoms with Gasteiger partial charge in [0.1, 0.15) is 5.75 Å². The summed E-state index contributed by atoms with van der Waals surface area (Å²) in [5.41, 5.74) is 2.20. The molecule has 3 nitrogen and oxygen atoms in total. The van der Waals surface area contributed by atoms with Crippen LogP contribution in [0.15, 0.2) is 54.6 Å². The monoisotopic (exact) mass is 350 g/mol. The standard InChI is InChI=1S/C19H21F3N2O/c20-19(21,22)25-18-8-6-15(7-9-18)14-23-16-10-12-24(13-11-16)17-4-2-1-3-5-17/h1-9,16,23H,10-14H2. The summed E-state index contributed by atoms with van der Waals surface area (Å²) in [7, 11) is 0. The van der Waals surface area contributed by atoms with E-state index in [1.54, 1.807) is 12.1 Å². The van der Waals surface area contributed by atoms with E-state index < -0.39 is 6.36 Å². The first-order valence-electron chi connectivity index (χ1n) is 8.38. The predicted octanol–water partition coefficient (Wildman–Crippen LogP) is 4.34. The summed E-state index contributed by atoms with van der Waals surface area (Å²) in [5, 5.41) is 3.49. The molecule has 134 valence electrons. The van der Waals surface area contributed by atoms with Crippen LogP contribution >= 0.6 is 0 Å². The number of benzene rings is 2. The van der Waals surface area contributed by atoms with Crippen molar-refractivity contribution in [3.05, 3.63) is 60.2 Å². The van der Waals surface area contributed by atoms with Gasteiger partial charge in [-0.3, -0.25) is 0 Å². The lowest BCUT2D eigenvalue weighted by atomic mass is 10.0. The number of halogens is 3. The Bertz CT molecular complexity index is 651. The third-order valence-electron chi connectivity index (χ3n) is 4.37. The molecule has 1 saturated heterocycles. The van der Waals surface area contributed by atoms with Gasteiger partial charge in [0.25, 0.3) is 0 Å². The van der Waals surface area contributed by atoms with E-state index in [0.29, 0.717) is 12.6 Å². The summed E-state index contributed by atoms with van der Waals surface area (Å²) in [5.74, 6) is -0.188. The van der Waals surface area contributed by atoms with Crippen molar-refractivity contribution in [2.75, 3.05) is 18.0 Å². The van der Waals surface area contributed by atoms with E-state index in [-0.39, 0.29) is 5.75 Å². The maximum Gasteiger partial charge on any atom is 0.573 e. The Balaban J connectivity index is 1.44. The van der Waals surface area contributed by atoms with Crippen molar-refractivity contribution < 1.29 is 17.9 Å². The fourth-order valence-corrected chi connectivity index (χ4v) is 3.05. The van der Waals surface area contributed by atoms with Gasteiger partial charge >= 0.3 is 6.36 Å². The highest BCUT2D eigenvalue weighted by molar-refractivity contribution is 5.46. The van der Waals surface area contributed by atoms with Gasteiger partial charge in [0, 0.05) is 31.4 Å². The van der Waals surface area contributed by atoms with Crippen molar-refractivity contribution in [1.29, 1.82) is 0 Å². The van der Waals surface area contributed by atoms with E-state index in [1.807, 2.05) is 18.2 Å². The summed E-state index contributed by atoms with van der Waals surface area (Å²) in [6, 6.07) is 16.8. The van der Waals surface area contributed by atoms with Crippen LogP contribution < -0.4 is 15.0 Å². The molecule has 0 aliphatic carbocycles. The quantitative estimate of drug-likeness (QED) is 0.868. The summed E-state index contributed by atoms with van der Waals surface area (Å²) < 4.78 is 40.3. The molecular weight excluding hydrogens is 329 g/mol. The van der Waals surface area contributed by atoms with Gasteiger partial charge in [-0.25, -0.2) is 0 Å². The molecule has 0 radical (unpaired) electrons. The van der Waals surface area contributed by atoms with Gasteiger partial charge in [-0.05, 0) is 42.7 Å². The van der Waals surface area contributed by atoms with Crippen molar-refractivity contribution in [1.82, 2.24) is 5.32 Å². The van der Waals surface area contributed by atoms with E-state index in [1.165, 1.54) is 17.8 Å². The summed E-state index contributed by atoms with van der Waals surface area (Å²) >= 11 is 0. The molecule has 0 aromatic heterocycles. The predicted molar refractivity (Wildman–Crippen MR) is 91.6 cm³/mol. The van der Waals surface area contributed by atoms with Gasteiger partial charge in [-0.1, -0.05) is 30.3 Å². The second-order valence-corrected chi connectivity index (χ2v) is 6.17. The fraction of sp³-hybridized carbons (Fsp3) is 0.368.